The largest absolute Gasteiger partial charge is 0.441 e. The SMILES string of the molecule is CC1NCCN(C(=O)CCc2ncc(-c3ccc(F)cc3F)o2)C1C. The summed E-state index contributed by atoms with van der Waals surface area (Å²) in [6.45, 7) is 5.54. The lowest BCUT2D eigenvalue weighted by Crippen LogP contribution is -2.57. The van der Waals surface area contributed by atoms with E-state index in [0.717, 1.165) is 18.7 Å². The molecule has 2 heterocycles. The first-order valence-electron chi connectivity index (χ1n) is 8.38. The Labute approximate surface area is 145 Å². The van der Waals surface area contributed by atoms with Crippen LogP contribution in [0, 0.1) is 11.6 Å². The van der Waals surface area contributed by atoms with Gasteiger partial charge in [-0.15, -0.1) is 0 Å². The molecule has 1 aliphatic heterocycles. The van der Waals surface area contributed by atoms with E-state index in [4.69, 9.17) is 4.42 Å². The highest BCUT2D eigenvalue weighted by molar-refractivity contribution is 5.77. The van der Waals surface area contributed by atoms with E-state index in [2.05, 4.69) is 17.2 Å². The van der Waals surface area contributed by atoms with Crippen molar-refractivity contribution in [1.82, 2.24) is 15.2 Å². The smallest absolute Gasteiger partial charge is 0.223 e. The highest BCUT2D eigenvalue weighted by Gasteiger charge is 2.27. The highest BCUT2D eigenvalue weighted by atomic mass is 19.1. The first-order valence-corrected chi connectivity index (χ1v) is 8.38. The van der Waals surface area contributed by atoms with Gasteiger partial charge in [-0.1, -0.05) is 0 Å². The predicted octanol–water partition coefficient (Wildman–Crippen LogP) is 2.76. The van der Waals surface area contributed by atoms with Gasteiger partial charge < -0.3 is 14.6 Å². The molecule has 1 N–H and O–H groups in total. The van der Waals surface area contributed by atoms with Gasteiger partial charge in [-0.3, -0.25) is 4.79 Å². The maximum atomic E-state index is 13.8. The van der Waals surface area contributed by atoms with Crippen molar-refractivity contribution in [2.75, 3.05) is 13.1 Å². The molecule has 1 amide bonds. The summed E-state index contributed by atoms with van der Waals surface area (Å²) in [4.78, 5) is 18.4. The standard InChI is InChI=1S/C18H21F2N3O2/c1-11-12(2)23(8-7-21-11)18(24)6-5-17-22-10-16(25-17)14-4-3-13(19)9-15(14)20/h3-4,9-12,21H,5-8H2,1-2H3. The number of hydrogen-bond acceptors (Lipinski definition) is 4. The van der Waals surface area contributed by atoms with Crippen LogP contribution in [0.2, 0.25) is 0 Å². The fourth-order valence-corrected chi connectivity index (χ4v) is 3.01. The maximum Gasteiger partial charge on any atom is 0.223 e. The van der Waals surface area contributed by atoms with E-state index in [1.807, 2.05) is 11.8 Å². The zero-order chi connectivity index (χ0) is 18.0. The Balaban J connectivity index is 1.63. The Hall–Kier alpha value is -2.28. The third-order valence-electron chi connectivity index (χ3n) is 4.66. The molecule has 2 unspecified atom stereocenters. The van der Waals surface area contributed by atoms with Crippen molar-refractivity contribution in [2.24, 2.45) is 0 Å². The van der Waals surface area contributed by atoms with E-state index in [1.54, 1.807) is 0 Å². The normalized spacial score (nSPS) is 20.7. The van der Waals surface area contributed by atoms with Crippen LogP contribution in [0.5, 0.6) is 0 Å². The van der Waals surface area contributed by atoms with Crippen molar-refractivity contribution in [3.63, 3.8) is 0 Å². The summed E-state index contributed by atoms with van der Waals surface area (Å²) >= 11 is 0. The quantitative estimate of drug-likeness (QED) is 0.922. The van der Waals surface area contributed by atoms with Crippen LogP contribution in [-0.2, 0) is 11.2 Å². The number of hydrogen-bond donors (Lipinski definition) is 1. The average molecular weight is 349 g/mol. The molecular formula is C18H21F2N3O2. The van der Waals surface area contributed by atoms with E-state index in [1.165, 1.54) is 12.3 Å². The van der Waals surface area contributed by atoms with E-state index in [0.29, 0.717) is 18.9 Å². The Bertz CT molecular complexity index is 763. The molecule has 0 saturated carbocycles. The van der Waals surface area contributed by atoms with Crippen LogP contribution in [0.1, 0.15) is 26.2 Å². The summed E-state index contributed by atoms with van der Waals surface area (Å²) in [6, 6.07) is 3.66. The van der Waals surface area contributed by atoms with Crippen molar-refractivity contribution >= 4 is 5.91 Å². The lowest BCUT2D eigenvalue weighted by atomic mass is 10.1. The number of aryl methyl sites for hydroxylation is 1. The van der Waals surface area contributed by atoms with Crippen LogP contribution in [0.25, 0.3) is 11.3 Å². The Morgan fingerprint density at radius 1 is 1.40 bits per heavy atom. The molecule has 0 aliphatic carbocycles. The number of oxazole rings is 1. The van der Waals surface area contributed by atoms with E-state index in [-0.39, 0.29) is 35.7 Å². The molecule has 0 spiro atoms. The van der Waals surface area contributed by atoms with Gasteiger partial charge in [0.25, 0.3) is 0 Å². The summed E-state index contributed by atoms with van der Waals surface area (Å²) in [5, 5.41) is 3.33. The van der Waals surface area contributed by atoms with Crippen LogP contribution in [0.15, 0.2) is 28.8 Å². The van der Waals surface area contributed by atoms with E-state index >= 15 is 0 Å². The zero-order valence-corrected chi connectivity index (χ0v) is 14.3. The van der Waals surface area contributed by atoms with E-state index in [9.17, 15) is 13.6 Å². The first-order chi connectivity index (χ1) is 12.0. The number of rotatable bonds is 4. The number of carbonyl (C=O) groups excluding carboxylic acids is 1. The number of carbonyl (C=O) groups is 1. The molecule has 7 heteroatoms. The van der Waals surface area contributed by atoms with E-state index < -0.39 is 11.6 Å². The molecule has 1 aromatic heterocycles. The highest BCUT2D eigenvalue weighted by Crippen LogP contribution is 2.24. The van der Waals surface area contributed by atoms with Crippen molar-refractivity contribution in [2.45, 2.75) is 38.8 Å². The van der Waals surface area contributed by atoms with Gasteiger partial charge >= 0.3 is 0 Å². The van der Waals surface area contributed by atoms with Gasteiger partial charge in [-0.25, -0.2) is 13.8 Å². The lowest BCUT2D eigenvalue weighted by molar-refractivity contribution is -0.134. The molecule has 2 aromatic rings. The number of piperazine rings is 1. The molecule has 3 rings (SSSR count). The lowest BCUT2D eigenvalue weighted by Gasteiger charge is -2.38. The second-order valence-corrected chi connectivity index (χ2v) is 6.31. The first kappa shape index (κ1) is 17.5. The molecule has 1 saturated heterocycles. The number of halogens is 2. The second-order valence-electron chi connectivity index (χ2n) is 6.31. The fourth-order valence-electron chi connectivity index (χ4n) is 3.01. The summed E-state index contributed by atoms with van der Waals surface area (Å²) in [5.41, 5.74) is 0.149. The van der Waals surface area contributed by atoms with Gasteiger partial charge in [0.2, 0.25) is 5.91 Å². The van der Waals surface area contributed by atoms with Gasteiger partial charge in [-0.2, -0.15) is 0 Å². The molecule has 25 heavy (non-hydrogen) atoms. The van der Waals surface area contributed by atoms with Gasteiger partial charge in [0.1, 0.15) is 11.6 Å². The topological polar surface area (TPSA) is 58.4 Å². The minimum absolute atomic E-state index is 0.0496. The predicted molar refractivity (Wildman–Crippen MR) is 88.8 cm³/mol. The monoisotopic (exact) mass is 349 g/mol. The van der Waals surface area contributed by atoms with Gasteiger partial charge in [0, 0.05) is 44.1 Å². The molecule has 2 atom stereocenters. The molecule has 0 bridgehead atoms. The third-order valence-corrected chi connectivity index (χ3v) is 4.66. The Morgan fingerprint density at radius 3 is 2.96 bits per heavy atom. The number of aromatic nitrogens is 1. The minimum atomic E-state index is -0.706. The Kier molecular flexibility index (Phi) is 5.13. The summed E-state index contributed by atoms with van der Waals surface area (Å²) in [5.74, 6) is -0.714. The zero-order valence-electron chi connectivity index (χ0n) is 14.3. The average Bonchev–Trinajstić information content (AvgIpc) is 3.04. The molecule has 0 radical (unpaired) electrons. The van der Waals surface area contributed by atoms with Gasteiger partial charge in [0.05, 0.1) is 11.8 Å². The summed E-state index contributed by atoms with van der Waals surface area (Å²) in [6.07, 6.45) is 2.02. The van der Waals surface area contributed by atoms with Crippen LogP contribution in [-0.4, -0.2) is 41.0 Å². The number of amides is 1. The molecule has 1 fully saturated rings. The van der Waals surface area contributed by atoms with Gasteiger partial charge in [-0.05, 0) is 26.0 Å². The van der Waals surface area contributed by atoms with Gasteiger partial charge in [0.15, 0.2) is 11.7 Å². The van der Waals surface area contributed by atoms with Crippen molar-refractivity contribution in [3.8, 4) is 11.3 Å². The summed E-state index contributed by atoms with van der Waals surface area (Å²) < 4.78 is 32.3. The summed E-state index contributed by atoms with van der Waals surface area (Å²) in [7, 11) is 0. The number of benzene rings is 1. The van der Waals surface area contributed by atoms with Crippen LogP contribution < -0.4 is 5.32 Å². The van der Waals surface area contributed by atoms with Crippen molar-refractivity contribution < 1.29 is 18.0 Å². The molecule has 134 valence electrons. The number of nitrogens with zero attached hydrogens (tertiary/aromatic N) is 2. The van der Waals surface area contributed by atoms with Crippen molar-refractivity contribution in [1.29, 1.82) is 0 Å². The molecule has 1 aromatic carbocycles. The minimum Gasteiger partial charge on any atom is -0.441 e. The third kappa shape index (κ3) is 3.87. The fraction of sp³-hybridized carbons (Fsp3) is 0.444. The second kappa shape index (κ2) is 7.31. The molecule has 1 aliphatic rings. The van der Waals surface area contributed by atoms with Crippen LogP contribution >= 0.6 is 0 Å². The Morgan fingerprint density at radius 2 is 2.20 bits per heavy atom. The number of nitrogens with one attached hydrogen (secondary N) is 1. The molecule has 5 nitrogen and oxygen atoms in total. The van der Waals surface area contributed by atoms with Crippen molar-refractivity contribution in [3.05, 3.63) is 41.9 Å². The maximum absolute atomic E-state index is 13.8. The molecular weight excluding hydrogens is 328 g/mol. The van der Waals surface area contributed by atoms with Crippen LogP contribution in [0.4, 0.5) is 8.78 Å². The van der Waals surface area contributed by atoms with Crippen LogP contribution in [0.3, 0.4) is 0 Å².